The number of aromatic nitrogens is 1. The predicted molar refractivity (Wildman–Crippen MR) is 63.3 cm³/mol. The van der Waals surface area contributed by atoms with E-state index in [2.05, 4.69) is 4.98 Å². The van der Waals surface area contributed by atoms with Crippen molar-refractivity contribution >= 4 is 17.0 Å². The van der Waals surface area contributed by atoms with Gasteiger partial charge in [0.05, 0.1) is 18.6 Å². The van der Waals surface area contributed by atoms with Gasteiger partial charge >= 0.3 is 6.01 Å². The molecule has 0 amide bonds. The molecule has 88 valence electrons. The van der Waals surface area contributed by atoms with E-state index in [1.165, 1.54) is 0 Å². The van der Waals surface area contributed by atoms with Gasteiger partial charge in [0.25, 0.3) is 5.56 Å². The van der Waals surface area contributed by atoms with Gasteiger partial charge in [-0.3, -0.25) is 4.79 Å². The molecule has 1 aliphatic rings. The number of hydrogen-bond acceptors (Lipinski definition) is 5. The van der Waals surface area contributed by atoms with Crippen LogP contribution >= 0.6 is 0 Å². The maximum Gasteiger partial charge on any atom is 0.301 e. The fourth-order valence-corrected chi connectivity index (χ4v) is 1.89. The zero-order valence-electron chi connectivity index (χ0n) is 9.26. The van der Waals surface area contributed by atoms with Crippen LogP contribution in [0.1, 0.15) is 0 Å². The lowest BCUT2D eigenvalue weighted by Crippen LogP contribution is -2.37. The molecular formula is C12H12N2O3. The predicted octanol–water partition coefficient (Wildman–Crippen LogP) is 1.02. The summed E-state index contributed by atoms with van der Waals surface area (Å²) in [5.74, 6) is 0. The summed E-state index contributed by atoms with van der Waals surface area (Å²) in [6.45, 7) is 2.68. The summed E-state index contributed by atoms with van der Waals surface area (Å²) in [5, 5.41) is 0.518. The Balaban J connectivity index is 2.08. The van der Waals surface area contributed by atoms with Crippen molar-refractivity contribution in [3.05, 3.63) is 34.6 Å². The van der Waals surface area contributed by atoms with Gasteiger partial charge in [0.2, 0.25) is 0 Å². The molecule has 0 saturated carbocycles. The highest BCUT2D eigenvalue weighted by Crippen LogP contribution is 2.16. The quantitative estimate of drug-likeness (QED) is 0.734. The van der Waals surface area contributed by atoms with Crippen LogP contribution in [0.4, 0.5) is 6.01 Å². The van der Waals surface area contributed by atoms with E-state index in [4.69, 9.17) is 9.15 Å². The number of nitrogens with zero attached hydrogens (tertiary/aromatic N) is 2. The number of anilines is 1. The zero-order valence-corrected chi connectivity index (χ0v) is 9.26. The van der Waals surface area contributed by atoms with Crippen LogP contribution in [0.2, 0.25) is 0 Å². The van der Waals surface area contributed by atoms with Crippen molar-refractivity contribution in [2.24, 2.45) is 0 Å². The summed E-state index contributed by atoms with van der Waals surface area (Å²) >= 11 is 0. The highest BCUT2D eigenvalue weighted by molar-refractivity contribution is 5.75. The normalized spacial score (nSPS) is 16.4. The Hall–Kier alpha value is -1.88. The van der Waals surface area contributed by atoms with E-state index in [1.807, 2.05) is 11.0 Å². The monoisotopic (exact) mass is 232 g/mol. The van der Waals surface area contributed by atoms with E-state index < -0.39 is 0 Å². The number of para-hydroxylation sites is 1. The van der Waals surface area contributed by atoms with Crippen LogP contribution in [-0.4, -0.2) is 31.3 Å². The minimum Gasteiger partial charge on any atom is -0.425 e. The van der Waals surface area contributed by atoms with Gasteiger partial charge in [-0.05, 0) is 12.1 Å². The van der Waals surface area contributed by atoms with E-state index >= 15 is 0 Å². The summed E-state index contributed by atoms with van der Waals surface area (Å²) in [6.07, 6.45) is 0. The van der Waals surface area contributed by atoms with Gasteiger partial charge in [-0.25, -0.2) is 0 Å². The molecule has 0 N–H and O–H groups in total. The first-order chi connectivity index (χ1) is 8.34. The van der Waals surface area contributed by atoms with Crippen molar-refractivity contribution in [2.75, 3.05) is 31.2 Å². The fraction of sp³-hybridized carbons (Fsp3) is 0.333. The summed E-state index contributed by atoms with van der Waals surface area (Å²) in [5.41, 5.74) is 0.335. The molecule has 17 heavy (non-hydrogen) atoms. The lowest BCUT2D eigenvalue weighted by molar-refractivity contribution is 0.120. The van der Waals surface area contributed by atoms with Crippen LogP contribution in [-0.2, 0) is 4.74 Å². The van der Waals surface area contributed by atoms with Crippen LogP contribution in [0.15, 0.2) is 33.5 Å². The number of hydrogen-bond donors (Lipinski definition) is 0. The standard InChI is InChI=1S/C12H12N2O3/c15-11-9-3-1-2-4-10(9)17-12(13-11)14-5-7-16-8-6-14/h1-4H,5-8H2. The molecule has 1 fully saturated rings. The van der Waals surface area contributed by atoms with Crippen LogP contribution in [0, 0.1) is 0 Å². The maximum absolute atomic E-state index is 11.8. The van der Waals surface area contributed by atoms with Crippen LogP contribution in [0.25, 0.3) is 11.0 Å². The Bertz CT molecular complexity index is 588. The lowest BCUT2D eigenvalue weighted by atomic mass is 10.2. The number of morpholine rings is 1. The van der Waals surface area contributed by atoms with Gasteiger partial charge in [-0.1, -0.05) is 12.1 Å². The van der Waals surface area contributed by atoms with Crippen molar-refractivity contribution in [3.63, 3.8) is 0 Å². The molecule has 1 aromatic carbocycles. The molecule has 0 bridgehead atoms. The molecule has 3 rings (SSSR count). The molecule has 0 unspecified atom stereocenters. The minimum absolute atomic E-state index is 0.242. The summed E-state index contributed by atoms with van der Waals surface area (Å²) in [7, 11) is 0. The van der Waals surface area contributed by atoms with Crippen molar-refractivity contribution in [2.45, 2.75) is 0 Å². The molecule has 0 spiro atoms. The number of rotatable bonds is 1. The van der Waals surface area contributed by atoms with E-state index in [0.29, 0.717) is 43.3 Å². The molecule has 0 radical (unpaired) electrons. The summed E-state index contributed by atoms with van der Waals surface area (Å²) < 4.78 is 10.9. The smallest absolute Gasteiger partial charge is 0.301 e. The van der Waals surface area contributed by atoms with Crippen molar-refractivity contribution in [1.29, 1.82) is 0 Å². The molecule has 2 heterocycles. The topological polar surface area (TPSA) is 55.6 Å². The van der Waals surface area contributed by atoms with E-state index in [9.17, 15) is 4.79 Å². The van der Waals surface area contributed by atoms with Gasteiger partial charge in [0.15, 0.2) is 0 Å². The highest BCUT2D eigenvalue weighted by atomic mass is 16.5. The molecular weight excluding hydrogens is 220 g/mol. The van der Waals surface area contributed by atoms with Gasteiger partial charge in [-0.15, -0.1) is 0 Å². The third-order valence-corrected chi connectivity index (χ3v) is 2.80. The first-order valence-electron chi connectivity index (χ1n) is 5.57. The van der Waals surface area contributed by atoms with Gasteiger partial charge in [0.1, 0.15) is 5.58 Å². The third kappa shape index (κ3) is 1.89. The van der Waals surface area contributed by atoms with E-state index in [0.717, 1.165) is 0 Å². The number of benzene rings is 1. The Morgan fingerprint density at radius 1 is 1.18 bits per heavy atom. The van der Waals surface area contributed by atoms with Gasteiger partial charge < -0.3 is 14.1 Å². The number of ether oxygens (including phenoxy) is 1. The van der Waals surface area contributed by atoms with Crippen molar-refractivity contribution in [3.8, 4) is 0 Å². The molecule has 1 aliphatic heterocycles. The second-order valence-electron chi connectivity index (χ2n) is 3.90. The van der Waals surface area contributed by atoms with Crippen molar-refractivity contribution < 1.29 is 9.15 Å². The zero-order chi connectivity index (χ0) is 11.7. The Morgan fingerprint density at radius 3 is 2.76 bits per heavy atom. The number of fused-ring (bicyclic) bond motifs is 1. The van der Waals surface area contributed by atoms with Crippen molar-refractivity contribution in [1.82, 2.24) is 4.98 Å². The molecule has 1 saturated heterocycles. The molecule has 5 heteroatoms. The van der Waals surface area contributed by atoms with Gasteiger partial charge in [-0.2, -0.15) is 4.98 Å². The molecule has 0 atom stereocenters. The van der Waals surface area contributed by atoms with E-state index in [-0.39, 0.29) is 5.56 Å². The SMILES string of the molecule is O=c1nc(N2CCOCC2)oc2ccccc12. The second kappa shape index (κ2) is 4.18. The molecule has 1 aromatic heterocycles. The first-order valence-corrected chi connectivity index (χ1v) is 5.57. The van der Waals surface area contributed by atoms with Gasteiger partial charge in [0, 0.05) is 13.1 Å². The van der Waals surface area contributed by atoms with Crippen LogP contribution in [0.3, 0.4) is 0 Å². The average Bonchev–Trinajstić information content (AvgIpc) is 2.40. The first kappa shape index (κ1) is 10.3. The molecule has 0 aliphatic carbocycles. The highest BCUT2D eigenvalue weighted by Gasteiger charge is 2.16. The lowest BCUT2D eigenvalue weighted by Gasteiger charge is -2.25. The van der Waals surface area contributed by atoms with Crippen LogP contribution < -0.4 is 10.5 Å². The third-order valence-electron chi connectivity index (χ3n) is 2.80. The Kier molecular flexibility index (Phi) is 2.53. The minimum atomic E-state index is -0.242. The Morgan fingerprint density at radius 2 is 1.94 bits per heavy atom. The second-order valence-corrected chi connectivity index (χ2v) is 3.90. The fourth-order valence-electron chi connectivity index (χ4n) is 1.89. The Labute approximate surface area is 97.6 Å². The molecule has 2 aromatic rings. The molecule has 5 nitrogen and oxygen atoms in total. The average molecular weight is 232 g/mol. The summed E-state index contributed by atoms with van der Waals surface area (Å²) in [4.78, 5) is 17.7. The summed E-state index contributed by atoms with van der Waals surface area (Å²) in [6, 6.07) is 7.53. The van der Waals surface area contributed by atoms with E-state index in [1.54, 1.807) is 18.2 Å². The van der Waals surface area contributed by atoms with Crippen LogP contribution in [0.5, 0.6) is 0 Å². The largest absolute Gasteiger partial charge is 0.425 e. The maximum atomic E-state index is 11.8.